The van der Waals surface area contributed by atoms with Crippen molar-refractivity contribution in [3.05, 3.63) is 105 Å². The molecule has 27 heavy (non-hydrogen) atoms. The van der Waals surface area contributed by atoms with Gasteiger partial charge in [-0.2, -0.15) is 0 Å². The zero-order valence-corrected chi connectivity index (χ0v) is 14.4. The summed E-state index contributed by atoms with van der Waals surface area (Å²) in [5.41, 5.74) is 5.53. The molecule has 0 saturated heterocycles. The van der Waals surface area contributed by atoms with Crippen molar-refractivity contribution >= 4 is 11.4 Å². The predicted octanol–water partition coefficient (Wildman–Crippen LogP) is 5.20. The number of hydrogen-bond donors (Lipinski definition) is 1. The summed E-state index contributed by atoms with van der Waals surface area (Å²) in [7, 11) is 0. The second kappa shape index (κ2) is 5.91. The number of nitro benzene ring substituents is 1. The summed E-state index contributed by atoms with van der Waals surface area (Å²) in [4.78, 5) is 10.9. The Hall–Kier alpha value is -3.21. The lowest BCUT2D eigenvalue weighted by Gasteiger charge is -2.37. The van der Waals surface area contributed by atoms with Crippen LogP contribution in [-0.4, -0.2) is 4.92 Å². The molecule has 0 amide bonds. The van der Waals surface area contributed by atoms with Crippen molar-refractivity contribution in [1.29, 1.82) is 0 Å². The number of benzene rings is 3. The van der Waals surface area contributed by atoms with E-state index in [1.54, 1.807) is 12.1 Å². The highest BCUT2D eigenvalue weighted by Gasteiger charge is 2.43. The molecule has 0 unspecified atom stereocenters. The number of nitrogens with one attached hydrogen (secondary N) is 1. The van der Waals surface area contributed by atoms with Crippen LogP contribution in [-0.2, 0) is 6.42 Å². The fourth-order valence-electron chi connectivity index (χ4n) is 4.66. The van der Waals surface area contributed by atoms with Gasteiger partial charge in [0.1, 0.15) is 5.82 Å². The van der Waals surface area contributed by atoms with Crippen molar-refractivity contribution < 1.29 is 9.31 Å². The molecule has 0 bridgehead atoms. The van der Waals surface area contributed by atoms with Crippen LogP contribution in [0.5, 0.6) is 0 Å². The lowest BCUT2D eigenvalue weighted by molar-refractivity contribution is -0.384. The Morgan fingerprint density at radius 2 is 1.78 bits per heavy atom. The summed E-state index contributed by atoms with van der Waals surface area (Å²) in [6.07, 6.45) is 0.887. The maximum absolute atomic E-state index is 13.4. The van der Waals surface area contributed by atoms with E-state index in [9.17, 15) is 14.5 Å². The van der Waals surface area contributed by atoms with Gasteiger partial charge in [-0.15, -0.1) is 0 Å². The minimum absolute atomic E-state index is 0.0250. The second-order valence-corrected chi connectivity index (χ2v) is 7.25. The zero-order valence-electron chi connectivity index (χ0n) is 14.4. The Labute approximate surface area is 155 Å². The summed E-state index contributed by atoms with van der Waals surface area (Å²) in [6, 6.07) is 20.0. The molecule has 0 radical (unpaired) electrons. The Balaban J connectivity index is 1.68. The van der Waals surface area contributed by atoms with Crippen LogP contribution in [0.3, 0.4) is 0 Å². The van der Waals surface area contributed by atoms with Crippen LogP contribution in [0.2, 0.25) is 0 Å². The smallest absolute Gasteiger partial charge is 0.269 e. The summed E-state index contributed by atoms with van der Waals surface area (Å²) < 4.78 is 13.4. The van der Waals surface area contributed by atoms with Gasteiger partial charge >= 0.3 is 0 Å². The maximum atomic E-state index is 13.4. The van der Waals surface area contributed by atoms with E-state index in [0.29, 0.717) is 0 Å². The zero-order chi connectivity index (χ0) is 18.5. The van der Waals surface area contributed by atoms with Crippen LogP contribution in [0.1, 0.15) is 34.2 Å². The third-order valence-corrected chi connectivity index (χ3v) is 5.82. The van der Waals surface area contributed by atoms with Crippen LogP contribution in [0.4, 0.5) is 15.8 Å². The van der Waals surface area contributed by atoms with E-state index in [0.717, 1.165) is 23.2 Å². The second-order valence-electron chi connectivity index (χ2n) is 7.25. The minimum Gasteiger partial charge on any atom is -0.378 e. The molecule has 1 aliphatic heterocycles. The number of anilines is 1. The Bertz CT molecular complexity index is 1050. The summed E-state index contributed by atoms with van der Waals surface area (Å²) in [5.74, 6) is 0.0617. The molecule has 0 saturated carbocycles. The molecule has 0 fully saturated rings. The average molecular weight is 360 g/mol. The van der Waals surface area contributed by atoms with Crippen molar-refractivity contribution in [2.24, 2.45) is 5.92 Å². The first-order valence-electron chi connectivity index (χ1n) is 9.00. The van der Waals surface area contributed by atoms with Gasteiger partial charge in [-0.3, -0.25) is 10.1 Å². The van der Waals surface area contributed by atoms with E-state index in [-0.39, 0.29) is 34.3 Å². The molecular formula is C22H17FN2O2. The highest BCUT2D eigenvalue weighted by Crippen LogP contribution is 2.54. The van der Waals surface area contributed by atoms with Gasteiger partial charge in [-0.25, -0.2) is 4.39 Å². The van der Waals surface area contributed by atoms with Crippen molar-refractivity contribution in [2.45, 2.75) is 18.4 Å². The molecule has 3 aromatic carbocycles. The van der Waals surface area contributed by atoms with Crippen LogP contribution in [0, 0.1) is 21.8 Å². The fraction of sp³-hybridized carbons (Fsp3) is 0.182. The molecule has 4 nitrogen and oxygen atoms in total. The topological polar surface area (TPSA) is 55.2 Å². The standard InChI is InChI=1S/C22H17FN2O2/c23-15-7-5-13(6-8-15)22-19-11-14-3-1-2-4-17(14)21(19)18-12-16(25(26)27)9-10-20(18)24-22/h1-10,12,19,21-22,24H,11H2/t19-,21+,22-/m1/s1. The van der Waals surface area contributed by atoms with Gasteiger partial charge in [0, 0.05) is 23.7 Å². The van der Waals surface area contributed by atoms with E-state index in [1.165, 1.54) is 29.3 Å². The third kappa shape index (κ3) is 2.50. The van der Waals surface area contributed by atoms with Crippen molar-refractivity contribution in [3.63, 3.8) is 0 Å². The molecule has 3 aromatic rings. The van der Waals surface area contributed by atoms with Gasteiger partial charge < -0.3 is 5.32 Å². The predicted molar refractivity (Wildman–Crippen MR) is 101 cm³/mol. The summed E-state index contributed by atoms with van der Waals surface area (Å²) >= 11 is 0. The SMILES string of the molecule is O=[N+]([O-])c1ccc2c(c1)[C@@H]1c3ccccc3C[C@H]1[C@@H](c1ccc(F)cc1)N2. The molecule has 1 N–H and O–H groups in total. The number of nitrogens with zero attached hydrogens (tertiary/aromatic N) is 1. The molecule has 0 spiro atoms. The van der Waals surface area contributed by atoms with Crippen molar-refractivity contribution in [1.82, 2.24) is 0 Å². The van der Waals surface area contributed by atoms with Crippen LogP contribution in [0.25, 0.3) is 0 Å². The molecular weight excluding hydrogens is 343 g/mol. The molecule has 5 heteroatoms. The maximum Gasteiger partial charge on any atom is 0.269 e. The fourth-order valence-corrected chi connectivity index (χ4v) is 4.66. The van der Waals surface area contributed by atoms with E-state index in [1.807, 2.05) is 24.3 Å². The summed E-state index contributed by atoms with van der Waals surface area (Å²) in [5, 5.41) is 14.9. The lowest BCUT2D eigenvalue weighted by Crippen LogP contribution is -2.30. The molecule has 3 atom stereocenters. The van der Waals surface area contributed by atoms with E-state index in [2.05, 4.69) is 17.4 Å². The van der Waals surface area contributed by atoms with Gasteiger partial charge in [0.25, 0.3) is 5.69 Å². The van der Waals surface area contributed by atoms with Gasteiger partial charge in [-0.05, 0) is 52.8 Å². The Morgan fingerprint density at radius 1 is 1.00 bits per heavy atom. The minimum atomic E-state index is -0.345. The number of nitro groups is 1. The number of rotatable bonds is 2. The Kier molecular flexibility index (Phi) is 3.50. The molecule has 0 aromatic heterocycles. The van der Waals surface area contributed by atoms with Crippen molar-refractivity contribution in [2.75, 3.05) is 5.32 Å². The number of fused-ring (bicyclic) bond motifs is 5. The number of halogens is 1. The van der Waals surface area contributed by atoms with E-state index < -0.39 is 0 Å². The first kappa shape index (κ1) is 16.0. The first-order chi connectivity index (χ1) is 13.1. The van der Waals surface area contributed by atoms with E-state index >= 15 is 0 Å². The van der Waals surface area contributed by atoms with Gasteiger partial charge in [0.2, 0.25) is 0 Å². The summed E-state index contributed by atoms with van der Waals surface area (Å²) in [6.45, 7) is 0. The highest BCUT2D eigenvalue weighted by molar-refractivity contribution is 5.65. The van der Waals surface area contributed by atoms with E-state index in [4.69, 9.17) is 0 Å². The molecule has 1 heterocycles. The molecule has 1 aliphatic carbocycles. The monoisotopic (exact) mass is 360 g/mol. The molecule has 5 rings (SSSR count). The van der Waals surface area contributed by atoms with Gasteiger partial charge in [-0.1, -0.05) is 36.4 Å². The average Bonchev–Trinajstić information content (AvgIpc) is 3.07. The van der Waals surface area contributed by atoms with Crippen LogP contribution >= 0.6 is 0 Å². The van der Waals surface area contributed by atoms with Crippen LogP contribution < -0.4 is 5.32 Å². The van der Waals surface area contributed by atoms with Crippen molar-refractivity contribution in [3.8, 4) is 0 Å². The number of non-ortho nitro benzene ring substituents is 1. The van der Waals surface area contributed by atoms with Crippen LogP contribution in [0.15, 0.2) is 66.7 Å². The third-order valence-electron chi connectivity index (χ3n) is 5.82. The Morgan fingerprint density at radius 3 is 2.56 bits per heavy atom. The lowest BCUT2D eigenvalue weighted by atomic mass is 9.75. The first-order valence-corrected chi connectivity index (χ1v) is 9.00. The normalized spacial score (nSPS) is 22.3. The number of hydrogen-bond acceptors (Lipinski definition) is 3. The highest BCUT2D eigenvalue weighted by atomic mass is 19.1. The largest absolute Gasteiger partial charge is 0.378 e. The van der Waals surface area contributed by atoms with Gasteiger partial charge in [0.15, 0.2) is 0 Å². The quantitative estimate of drug-likeness (QED) is 0.504. The molecule has 134 valence electrons. The molecule has 2 aliphatic rings. The van der Waals surface area contributed by atoms with Gasteiger partial charge in [0.05, 0.1) is 11.0 Å².